The van der Waals surface area contributed by atoms with Crippen molar-refractivity contribution in [2.24, 2.45) is 0 Å². The van der Waals surface area contributed by atoms with Gasteiger partial charge in [-0.1, -0.05) is 18.2 Å². The third-order valence-corrected chi connectivity index (χ3v) is 3.06. The van der Waals surface area contributed by atoms with Crippen LogP contribution >= 0.6 is 0 Å². The predicted molar refractivity (Wildman–Crippen MR) is 80.5 cm³/mol. The van der Waals surface area contributed by atoms with E-state index in [0.29, 0.717) is 32.3 Å². The molecule has 1 aromatic carbocycles. The van der Waals surface area contributed by atoms with Gasteiger partial charge in [0.05, 0.1) is 31.9 Å². The van der Waals surface area contributed by atoms with Crippen LogP contribution in [-0.2, 0) is 16.1 Å². The van der Waals surface area contributed by atoms with E-state index in [1.807, 2.05) is 24.3 Å². The lowest BCUT2D eigenvalue weighted by Gasteiger charge is -2.09. The second-order valence-electron chi connectivity index (χ2n) is 4.60. The number of benzene rings is 1. The molecule has 5 heteroatoms. The number of aromatic nitrogens is 1. The molecular formula is C16H21NO4. The first-order chi connectivity index (χ1) is 10.3. The van der Waals surface area contributed by atoms with E-state index in [4.69, 9.17) is 14.2 Å². The van der Waals surface area contributed by atoms with Crippen LogP contribution in [0.1, 0.15) is 12.0 Å². The molecule has 0 aliphatic rings. The fourth-order valence-corrected chi connectivity index (χ4v) is 2.01. The number of hydrogen-bond donors (Lipinski definition) is 1. The van der Waals surface area contributed by atoms with Gasteiger partial charge in [-0.2, -0.15) is 0 Å². The van der Waals surface area contributed by atoms with Crippen LogP contribution < -0.4 is 4.74 Å². The van der Waals surface area contributed by atoms with E-state index in [9.17, 15) is 5.11 Å². The van der Waals surface area contributed by atoms with Gasteiger partial charge >= 0.3 is 0 Å². The third-order valence-electron chi connectivity index (χ3n) is 3.06. The Hall–Kier alpha value is -1.69. The number of ether oxygens (including phenoxy) is 3. The maximum absolute atomic E-state index is 9.44. The summed E-state index contributed by atoms with van der Waals surface area (Å²) in [5, 5.41) is 10.4. The van der Waals surface area contributed by atoms with Crippen molar-refractivity contribution >= 4 is 10.9 Å². The van der Waals surface area contributed by atoms with Crippen molar-refractivity contribution in [2.75, 3.05) is 33.5 Å². The van der Waals surface area contributed by atoms with Crippen LogP contribution in [0.2, 0.25) is 0 Å². The van der Waals surface area contributed by atoms with Gasteiger partial charge in [-0.3, -0.25) is 0 Å². The second-order valence-corrected chi connectivity index (χ2v) is 4.60. The largest absolute Gasteiger partial charge is 0.478 e. The number of aliphatic hydroxyl groups excluding tert-OH is 1. The van der Waals surface area contributed by atoms with E-state index < -0.39 is 0 Å². The molecule has 0 amide bonds. The highest BCUT2D eigenvalue weighted by atomic mass is 16.5. The molecule has 0 spiro atoms. The lowest BCUT2D eigenvalue weighted by molar-refractivity contribution is 0.0642. The molecule has 2 aromatic rings. The quantitative estimate of drug-likeness (QED) is 0.717. The van der Waals surface area contributed by atoms with Crippen molar-refractivity contribution in [2.45, 2.75) is 13.0 Å². The van der Waals surface area contributed by atoms with Crippen molar-refractivity contribution in [1.82, 2.24) is 4.98 Å². The van der Waals surface area contributed by atoms with Gasteiger partial charge in [0.2, 0.25) is 5.88 Å². The van der Waals surface area contributed by atoms with E-state index in [0.717, 1.165) is 22.9 Å². The maximum atomic E-state index is 9.44. The molecule has 0 aliphatic heterocycles. The van der Waals surface area contributed by atoms with E-state index in [1.165, 1.54) is 0 Å². The van der Waals surface area contributed by atoms with Crippen LogP contribution in [0.15, 0.2) is 30.3 Å². The average Bonchev–Trinajstić information content (AvgIpc) is 2.53. The zero-order valence-electron chi connectivity index (χ0n) is 12.2. The van der Waals surface area contributed by atoms with Gasteiger partial charge in [-0.25, -0.2) is 4.98 Å². The van der Waals surface area contributed by atoms with E-state index in [2.05, 4.69) is 4.98 Å². The van der Waals surface area contributed by atoms with Crippen molar-refractivity contribution in [3.63, 3.8) is 0 Å². The minimum atomic E-state index is -0.0283. The number of rotatable bonds is 9. The zero-order valence-corrected chi connectivity index (χ0v) is 12.2. The van der Waals surface area contributed by atoms with Gasteiger partial charge in [0, 0.05) is 31.6 Å². The summed E-state index contributed by atoms with van der Waals surface area (Å²) in [6, 6.07) is 9.50. The van der Waals surface area contributed by atoms with Crippen LogP contribution in [0.5, 0.6) is 5.88 Å². The maximum Gasteiger partial charge on any atom is 0.214 e. The lowest BCUT2D eigenvalue weighted by Crippen LogP contribution is -2.07. The first-order valence-electron chi connectivity index (χ1n) is 7.04. The smallest absolute Gasteiger partial charge is 0.214 e. The molecule has 0 bridgehead atoms. The Morgan fingerprint density at radius 3 is 2.76 bits per heavy atom. The minimum absolute atomic E-state index is 0.0283. The molecule has 5 nitrogen and oxygen atoms in total. The van der Waals surface area contributed by atoms with Gasteiger partial charge < -0.3 is 19.3 Å². The molecule has 0 unspecified atom stereocenters. The van der Waals surface area contributed by atoms with Crippen LogP contribution in [-0.4, -0.2) is 43.6 Å². The van der Waals surface area contributed by atoms with Gasteiger partial charge in [0.15, 0.2) is 0 Å². The Labute approximate surface area is 124 Å². The number of nitrogens with zero attached hydrogens (tertiary/aromatic N) is 1. The highest BCUT2D eigenvalue weighted by molar-refractivity contribution is 5.82. The molecule has 0 aliphatic carbocycles. The lowest BCUT2D eigenvalue weighted by atomic mass is 10.1. The molecule has 0 saturated carbocycles. The number of aliphatic hydroxyl groups is 1. The zero-order chi connectivity index (χ0) is 14.9. The van der Waals surface area contributed by atoms with Crippen molar-refractivity contribution in [1.29, 1.82) is 0 Å². The Morgan fingerprint density at radius 2 is 1.95 bits per heavy atom. The number of para-hydroxylation sites is 1. The van der Waals surface area contributed by atoms with Gasteiger partial charge in [0.1, 0.15) is 0 Å². The molecule has 0 radical (unpaired) electrons. The molecule has 0 fully saturated rings. The molecule has 1 N–H and O–H groups in total. The number of hydrogen-bond acceptors (Lipinski definition) is 5. The Kier molecular flexibility index (Phi) is 6.40. The van der Waals surface area contributed by atoms with Crippen LogP contribution in [0, 0.1) is 0 Å². The third kappa shape index (κ3) is 4.67. The standard InChI is InChI=1S/C16H21NO4/c1-19-9-10-20-7-4-8-21-16-11-13(12-18)14-5-2-3-6-15(14)17-16/h2-3,5-6,11,18H,4,7-10,12H2,1H3. The first-order valence-corrected chi connectivity index (χ1v) is 7.04. The number of pyridine rings is 1. The molecular weight excluding hydrogens is 270 g/mol. The monoisotopic (exact) mass is 291 g/mol. The highest BCUT2D eigenvalue weighted by Gasteiger charge is 2.05. The van der Waals surface area contributed by atoms with E-state index in [1.54, 1.807) is 13.2 Å². The average molecular weight is 291 g/mol. The number of methoxy groups -OCH3 is 1. The van der Waals surface area contributed by atoms with E-state index >= 15 is 0 Å². The molecule has 1 aromatic heterocycles. The Balaban J connectivity index is 1.87. The van der Waals surface area contributed by atoms with Crippen LogP contribution in [0.3, 0.4) is 0 Å². The highest BCUT2D eigenvalue weighted by Crippen LogP contribution is 2.22. The van der Waals surface area contributed by atoms with Crippen LogP contribution in [0.4, 0.5) is 0 Å². The summed E-state index contributed by atoms with van der Waals surface area (Å²) >= 11 is 0. The Bertz CT molecular complexity index is 559. The summed E-state index contributed by atoms with van der Waals surface area (Å²) in [5.41, 5.74) is 1.65. The summed E-state index contributed by atoms with van der Waals surface area (Å²) in [7, 11) is 1.65. The SMILES string of the molecule is COCCOCCCOc1cc(CO)c2ccccc2n1. The predicted octanol–water partition coefficient (Wildman–Crippen LogP) is 2.16. The summed E-state index contributed by atoms with van der Waals surface area (Å²) < 4.78 is 15.9. The van der Waals surface area contributed by atoms with Gasteiger partial charge in [-0.05, 0) is 11.6 Å². The van der Waals surface area contributed by atoms with E-state index in [-0.39, 0.29) is 6.61 Å². The minimum Gasteiger partial charge on any atom is -0.478 e. The molecule has 2 rings (SSSR count). The fourth-order valence-electron chi connectivity index (χ4n) is 2.01. The molecule has 114 valence electrons. The first kappa shape index (κ1) is 15.7. The normalized spacial score (nSPS) is 11.0. The topological polar surface area (TPSA) is 60.8 Å². The molecule has 0 atom stereocenters. The summed E-state index contributed by atoms with van der Waals surface area (Å²) in [6.07, 6.45) is 0.784. The van der Waals surface area contributed by atoms with Crippen LogP contribution in [0.25, 0.3) is 10.9 Å². The molecule has 1 heterocycles. The summed E-state index contributed by atoms with van der Waals surface area (Å²) in [6.45, 7) is 2.33. The molecule has 21 heavy (non-hydrogen) atoms. The fraction of sp³-hybridized carbons (Fsp3) is 0.438. The van der Waals surface area contributed by atoms with Gasteiger partial charge in [0.25, 0.3) is 0 Å². The Morgan fingerprint density at radius 1 is 1.10 bits per heavy atom. The summed E-state index contributed by atoms with van der Waals surface area (Å²) in [5.74, 6) is 0.537. The van der Waals surface area contributed by atoms with Crippen molar-refractivity contribution in [3.05, 3.63) is 35.9 Å². The molecule has 0 saturated heterocycles. The second kappa shape index (κ2) is 8.56. The van der Waals surface area contributed by atoms with Gasteiger partial charge in [-0.15, -0.1) is 0 Å². The van der Waals surface area contributed by atoms with Crippen molar-refractivity contribution < 1.29 is 19.3 Å². The van der Waals surface area contributed by atoms with Crippen molar-refractivity contribution in [3.8, 4) is 5.88 Å². The summed E-state index contributed by atoms with van der Waals surface area (Å²) in [4.78, 5) is 4.44. The number of fused-ring (bicyclic) bond motifs is 1.